The quantitative estimate of drug-likeness (QED) is 0.569. The summed E-state index contributed by atoms with van der Waals surface area (Å²) in [5.74, 6) is 0. The van der Waals surface area contributed by atoms with Gasteiger partial charge in [-0.15, -0.1) is 0 Å². The van der Waals surface area contributed by atoms with E-state index >= 15 is 0 Å². The first-order chi connectivity index (χ1) is 3.35. The van der Waals surface area contributed by atoms with Gasteiger partial charge in [-0.05, 0) is 0 Å². The predicted octanol–water partition coefficient (Wildman–Crippen LogP) is 0.787. The maximum atomic E-state index is 5.01. The fourth-order valence-electron chi connectivity index (χ4n) is 0.430. The van der Waals surface area contributed by atoms with Crippen LogP contribution in [0.3, 0.4) is 0 Å². The van der Waals surface area contributed by atoms with Crippen molar-refractivity contribution in [1.82, 2.24) is 0 Å². The Labute approximate surface area is 50.7 Å². The number of rotatable bonds is 3. The van der Waals surface area contributed by atoms with Gasteiger partial charge in [-0.1, -0.05) is 0 Å². The molecule has 0 aromatic rings. The molecule has 0 N–H and O–H groups in total. The van der Waals surface area contributed by atoms with Gasteiger partial charge in [-0.25, -0.2) is 0 Å². The molecule has 0 rings (SSSR count). The van der Waals surface area contributed by atoms with E-state index in [9.17, 15) is 0 Å². The molecule has 0 radical (unpaired) electrons. The van der Waals surface area contributed by atoms with Crippen molar-refractivity contribution in [3.05, 3.63) is 0 Å². The predicted molar refractivity (Wildman–Crippen MR) is 30.3 cm³/mol. The van der Waals surface area contributed by atoms with E-state index in [1.807, 2.05) is 0 Å². The molecule has 7 heavy (non-hydrogen) atoms. The average molecular weight is 161 g/mol. The van der Waals surface area contributed by atoms with Crippen molar-refractivity contribution < 1.29 is 7.06 Å². The third kappa shape index (κ3) is 3.17. The summed E-state index contributed by atoms with van der Waals surface area (Å²) >= 11 is -1.58. The second kappa shape index (κ2) is 4.71. The second-order valence-electron chi connectivity index (χ2n) is 1.31. The normalized spacial score (nSPS) is 9.00. The zero-order chi connectivity index (χ0) is 5.70. The van der Waals surface area contributed by atoms with Crippen molar-refractivity contribution in [2.45, 2.75) is 11.9 Å². The van der Waals surface area contributed by atoms with Crippen LogP contribution in [0.25, 0.3) is 0 Å². The molecular formula is C4H11GaO2. The average Bonchev–Trinajstić information content (AvgIpc) is 1.72. The molecule has 0 saturated heterocycles. The van der Waals surface area contributed by atoms with Gasteiger partial charge in [0.2, 0.25) is 0 Å². The van der Waals surface area contributed by atoms with Crippen LogP contribution in [0.5, 0.6) is 0 Å². The van der Waals surface area contributed by atoms with E-state index < -0.39 is 16.9 Å². The van der Waals surface area contributed by atoms with E-state index in [-0.39, 0.29) is 0 Å². The summed E-state index contributed by atoms with van der Waals surface area (Å²) in [6.07, 6.45) is 0. The van der Waals surface area contributed by atoms with Crippen LogP contribution < -0.4 is 0 Å². The Hall–Kier alpha value is 0.556. The molecule has 0 aliphatic heterocycles. The van der Waals surface area contributed by atoms with Crippen LogP contribution in [0, 0.1) is 0 Å². The van der Waals surface area contributed by atoms with Gasteiger partial charge in [-0.2, -0.15) is 0 Å². The minimum atomic E-state index is -1.58. The number of hydrogen-bond acceptors (Lipinski definition) is 2. The van der Waals surface area contributed by atoms with Gasteiger partial charge in [0.1, 0.15) is 0 Å². The van der Waals surface area contributed by atoms with Crippen molar-refractivity contribution in [3.63, 3.8) is 0 Å². The third-order valence-electron chi connectivity index (χ3n) is 0.859. The molecule has 42 valence electrons. The SMILES string of the molecule is C[CH2][Ga]([O]C)[O]C. The minimum absolute atomic E-state index is 1.10. The van der Waals surface area contributed by atoms with Gasteiger partial charge in [0.15, 0.2) is 0 Å². The molecule has 0 unspecified atom stereocenters. The van der Waals surface area contributed by atoms with Crippen LogP contribution in [0.4, 0.5) is 0 Å². The van der Waals surface area contributed by atoms with E-state index in [1.165, 1.54) is 0 Å². The summed E-state index contributed by atoms with van der Waals surface area (Å²) in [7, 11) is 3.44. The molecule has 0 aliphatic rings. The van der Waals surface area contributed by atoms with E-state index in [0.29, 0.717) is 0 Å². The fourth-order valence-corrected chi connectivity index (χ4v) is 2.23. The summed E-state index contributed by atoms with van der Waals surface area (Å²) in [5.41, 5.74) is 0. The molecule has 0 atom stereocenters. The molecule has 0 aromatic heterocycles. The maximum absolute atomic E-state index is 5.01. The van der Waals surface area contributed by atoms with E-state index in [4.69, 9.17) is 7.06 Å². The Morgan fingerprint density at radius 1 is 1.29 bits per heavy atom. The first-order valence-corrected chi connectivity index (χ1v) is 6.09. The standard InChI is InChI=1S/C2H5.2CH3O.Ga/c3*1-2;/h1H2,2H3;2*1H3;/q;2*-1;+2. The van der Waals surface area contributed by atoms with E-state index in [1.54, 1.807) is 14.2 Å². The van der Waals surface area contributed by atoms with Crippen LogP contribution in [-0.2, 0) is 7.06 Å². The summed E-state index contributed by atoms with van der Waals surface area (Å²) in [4.78, 5) is 1.10. The van der Waals surface area contributed by atoms with Crippen LogP contribution >= 0.6 is 0 Å². The molecular weight excluding hydrogens is 150 g/mol. The Morgan fingerprint density at radius 2 is 1.71 bits per heavy atom. The third-order valence-corrected chi connectivity index (χ3v) is 4.46. The van der Waals surface area contributed by atoms with E-state index in [2.05, 4.69) is 6.92 Å². The molecule has 0 fully saturated rings. The summed E-state index contributed by atoms with van der Waals surface area (Å²) in [6, 6.07) is 0. The molecule has 0 spiro atoms. The van der Waals surface area contributed by atoms with Gasteiger partial charge >= 0.3 is 50.1 Å². The zero-order valence-electron chi connectivity index (χ0n) is 5.10. The van der Waals surface area contributed by atoms with Crippen molar-refractivity contribution in [1.29, 1.82) is 0 Å². The van der Waals surface area contributed by atoms with Gasteiger partial charge in [-0.3, -0.25) is 0 Å². The fraction of sp³-hybridized carbons (Fsp3) is 1.00. The summed E-state index contributed by atoms with van der Waals surface area (Å²) < 4.78 is 10.0. The Bertz CT molecular complexity index is 31.2. The molecule has 0 aromatic carbocycles. The van der Waals surface area contributed by atoms with Gasteiger partial charge < -0.3 is 0 Å². The summed E-state index contributed by atoms with van der Waals surface area (Å²) in [5, 5.41) is 0. The molecule has 2 nitrogen and oxygen atoms in total. The van der Waals surface area contributed by atoms with Crippen LogP contribution in [-0.4, -0.2) is 31.2 Å². The Balaban J connectivity index is 2.99. The van der Waals surface area contributed by atoms with Gasteiger partial charge in [0.25, 0.3) is 0 Å². The molecule has 0 saturated carbocycles. The first-order valence-electron chi connectivity index (χ1n) is 2.40. The summed E-state index contributed by atoms with van der Waals surface area (Å²) in [6.45, 7) is 2.09. The van der Waals surface area contributed by atoms with Crippen molar-refractivity contribution >= 4 is 16.9 Å². The molecule has 0 amide bonds. The monoisotopic (exact) mass is 160 g/mol. The molecule has 3 heteroatoms. The molecule has 0 heterocycles. The number of hydrogen-bond donors (Lipinski definition) is 0. The van der Waals surface area contributed by atoms with Crippen LogP contribution in [0.2, 0.25) is 4.98 Å². The Morgan fingerprint density at radius 3 is 1.71 bits per heavy atom. The van der Waals surface area contributed by atoms with E-state index in [0.717, 1.165) is 4.98 Å². The zero-order valence-corrected chi connectivity index (χ0v) is 7.52. The van der Waals surface area contributed by atoms with Gasteiger partial charge in [0, 0.05) is 0 Å². The van der Waals surface area contributed by atoms with Crippen LogP contribution in [0.15, 0.2) is 0 Å². The van der Waals surface area contributed by atoms with Crippen molar-refractivity contribution in [3.8, 4) is 0 Å². The molecule has 0 bridgehead atoms. The van der Waals surface area contributed by atoms with Crippen LogP contribution in [0.1, 0.15) is 6.92 Å². The molecule has 0 aliphatic carbocycles. The first kappa shape index (κ1) is 7.56. The van der Waals surface area contributed by atoms with Crippen molar-refractivity contribution in [2.75, 3.05) is 14.2 Å². The van der Waals surface area contributed by atoms with Gasteiger partial charge in [0.05, 0.1) is 0 Å². The second-order valence-corrected chi connectivity index (χ2v) is 6.80. The van der Waals surface area contributed by atoms with Crippen molar-refractivity contribution in [2.24, 2.45) is 0 Å². The topological polar surface area (TPSA) is 18.5 Å². The Kier molecular flexibility index (Phi) is 5.08.